The number of nitrogens with one attached hydrogen (secondary N) is 1. The van der Waals surface area contributed by atoms with Gasteiger partial charge < -0.3 is 10.1 Å². The molecule has 2 nitrogen and oxygen atoms in total. The van der Waals surface area contributed by atoms with Crippen molar-refractivity contribution in [3.63, 3.8) is 0 Å². The Labute approximate surface area is 122 Å². The van der Waals surface area contributed by atoms with Crippen molar-refractivity contribution in [3.8, 4) is 5.75 Å². The Morgan fingerprint density at radius 1 is 1.25 bits per heavy atom. The third kappa shape index (κ3) is 3.17. The molecule has 0 aromatic heterocycles. The number of aryl methyl sites for hydroxylation is 1. The minimum atomic E-state index is 0.317. The number of hydrogen-bond donors (Lipinski definition) is 1. The van der Waals surface area contributed by atoms with E-state index in [4.69, 9.17) is 4.74 Å². The van der Waals surface area contributed by atoms with Crippen LogP contribution in [0.4, 0.5) is 0 Å². The zero-order chi connectivity index (χ0) is 13.9. The van der Waals surface area contributed by atoms with E-state index in [1.165, 1.54) is 43.2 Å². The van der Waals surface area contributed by atoms with Gasteiger partial charge in [0.05, 0.1) is 0 Å². The molecule has 2 atom stereocenters. The van der Waals surface area contributed by atoms with Gasteiger partial charge in [-0.3, -0.25) is 0 Å². The van der Waals surface area contributed by atoms with Gasteiger partial charge in [0.1, 0.15) is 11.9 Å². The van der Waals surface area contributed by atoms with Gasteiger partial charge in [0.25, 0.3) is 0 Å². The molecule has 3 rings (SSSR count). The van der Waals surface area contributed by atoms with Crippen LogP contribution < -0.4 is 10.1 Å². The number of fused-ring (bicyclic) bond motifs is 1. The maximum absolute atomic E-state index is 6.04. The Morgan fingerprint density at radius 2 is 2.05 bits per heavy atom. The van der Waals surface area contributed by atoms with Crippen LogP contribution in [0.3, 0.4) is 0 Å². The van der Waals surface area contributed by atoms with Crippen molar-refractivity contribution in [1.82, 2.24) is 5.32 Å². The van der Waals surface area contributed by atoms with Crippen molar-refractivity contribution in [1.29, 1.82) is 0 Å². The number of hydrogen-bond acceptors (Lipinski definition) is 2. The van der Waals surface area contributed by atoms with Crippen LogP contribution in [-0.4, -0.2) is 18.7 Å². The fraction of sp³-hybridized carbons (Fsp3) is 0.667. The molecule has 1 fully saturated rings. The minimum absolute atomic E-state index is 0.317. The van der Waals surface area contributed by atoms with E-state index in [1.807, 2.05) is 0 Å². The van der Waals surface area contributed by atoms with Crippen LogP contribution in [0, 0.1) is 12.8 Å². The summed E-state index contributed by atoms with van der Waals surface area (Å²) in [6.45, 7) is 5.48. The summed E-state index contributed by atoms with van der Waals surface area (Å²) in [6, 6.07) is 7.15. The lowest BCUT2D eigenvalue weighted by Gasteiger charge is -2.29. The third-order valence-corrected chi connectivity index (χ3v) is 4.98. The van der Waals surface area contributed by atoms with Crippen molar-refractivity contribution >= 4 is 0 Å². The standard InChI is InChI=1S/C18H27NO/c1-13-8-9-18-16(10-13)11-17(20-18)12-19-14(2)15-6-4-3-5-7-15/h8-10,14-15,17,19H,3-7,11-12H2,1-2H3/t14-,17?/m1/s1. The zero-order valence-corrected chi connectivity index (χ0v) is 12.8. The van der Waals surface area contributed by atoms with Gasteiger partial charge >= 0.3 is 0 Å². The van der Waals surface area contributed by atoms with Crippen molar-refractivity contribution in [2.75, 3.05) is 6.54 Å². The van der Waals surface area contributed by atoms with E-state index in [9.17, 15) is 0 Å². The first-order valence-electron chi connectivity index (χ1n) is 8.22. The molecule has 1 heterocycles. The van der Waals surface area contributed by atoms with Gasteiger partial charge in [-0.25, -0.2) is 0 Å². The van der Waals surface area contributed by atoms with Crippen molar-refractivity contribution in [3.05, 3.63) is 29.3 Å². The lowest BCUT2D eigenvalue weighted by molar-refractivity contribution is 0.204. The summed E-state index contributed by atoms with van der Waals surface area (Å²) in [5, 5.41) is 3.72. The lowest BCUT2D eigenvalue weighted by Crippen LogP contribution is -2.40. The first-order chi connectivity index (χ1) is 9.72. The lowest BCUT2D eigenvalue weighted by atomic mass is 9.84. The highest BCUT2D eigenvalue weighted by atomic mass is 16.5. The van der Waals surface area contributed by atoms with Crippen LogP contribution in [-0.2, 0) is 6.42 Å². The highest BCUT2D eigenvalue weighted by molar-refractivity contribution is 5.40. The summed E-state index contributed by atoms with van der Waals surface area (Å²) in [7, 11) is 0. The summed E-state index contributed by atoms with van der Waals surface area (Å²) >= 11 is 0. The highest BCUT2D eigenvalue weighted by Crippen LogP contribution is 2.30. The molecule has 0 spiro atoms. The second kappa shape index (κ2) is 6.17. The molecule has 0 radical (unpaired) electrons. The van der Waals surface area contributed by atoms with E-state index < -0.39 is 0 Å². The molecule has 1 aromatic rings. The van der Waals surface area contributed by atoms with E-state index >= 15 is 0 Å². The Bertz CT molecular complexity index is 451. The normalized spacial score (nSPS) is 24.2. The van der Waals surface area contributed by atoms with Crippen molar-refractivity contribution in [2.45, 2.75) is 64.5 Å². The van der Waals surface area contributed by atoms with Crippen LogP contribution in [0.5, 0.6) is 5.75 Å². The fourth-order valence-corrected chi connectivity index (χ4v) is 3.68. The van der Waals surface area contributed by atoms with Crippen LogP contribution in [0.1, 0.15) is 50.2 Å². The van der Waals surface area contributed by atoms with Crippen LogP contribution in [0.15, 0.2) is 18.2 Å². The molecule has 0 bridgehead atoms. The Hall–Kier alpha value is -1.02. The van der Waals surface area contributed by atoms with E-state index in [1.54, 1.807) is 0 Å². The van der Waals surface area contributed by atoms with Gasteiger partial charge in [0.2, 0.25) is 0 Å². The predicted molar refractivity (Wildman–Crippen MR) is 83.3 cm³/mol. The average molecular weight is 273 g/mol. The summed E-state index contributed by atoms with van der Waals surface area (Å²) in [5.41, 5.74) is 2.71. The van der Waals surface area contributed by atoms with Crippen LogP contribution in [0.25, 0.3) is 0 Å². The SMILES string of the molecule is Cc1ccc2c(c1)CC(CN[C@H](C)C1CCCCC1)O2. The molecule has 0 amide bonds. The molecule has 110 valence electrons. The molecule has 1 aliphatic carbocycles. The second-order valence-electron chi connectivity index (χ2n) is 6.65. The van der Waals surface area contributed by atoms with E-state index in [-0.39, 0.29) is 0 Å². The molecule has 1 aromatic carbocycles. The fourth-order valence-electron chi connectivity index (χ4n) is 3.68. The Kier molecular flexibility index (Phi) is 4.30. The van der Waals surface area contributed by atoms with E-state index in [2.05, 4.69) is 37.4 Å². The van der Waals surface area contributed by atoms with Gasteiger partial charge in [-0.2, -0.15) is 0 Å². The zero-order valence-electron chi connectivity index (χ0n) is 12.8. The molecular formula is C18H27NO. The van der Waals surface area contributed by atoms with Crippen LogP contribution in [0.2, 0.25) is 0 Å². The third-order valence-electron chi connectivity index (χ3n) is 4.98. The molecule has 20 heavy (non-hydrogen) atoms. The molecular weight excluding hydrogens is 246 g/mol. The number of ether oxygens (including phenoxy) is 1. The minimum Gasteiger partial charge on any atom is -0.488 e. The van der Waals surface area contributed by atoms with E-state index in [0.29, 0.717) is 12.1 Å². The average Bonchev–Trinajstić information content (AvgIpc) is 2.87. The molecule has 2 aliphatic rings. The number of rotatable bonds is 4. The predicted octanol–water partition coefficient (Wildman–Crippen LogP) is 3.86. The maximum atomic E-state index is 6.04. The van der Waals surface area contributed by atoms with Crippen LogP contribution >= 0.6 is 0 Å². The summed E-state index contributed by atoms with van der Waals surface area (Å²) in [6.07, 6.45) is 8.45. The molecule has 0 saturated heterocycles. The van der Waals surface area contributed by atoms with Gasteiger partial charge in [0.15, 0.2) is 0 Å². The van der Waals surface area contributed by atoms with E-state index in [0.717, 1.165) is 24.6 Å². The van der Waals surface area contributed by atoms with Gasteiger partial charge in [0, 0.05) is 19.0 Å². The largest absolute Gasteiger partial charge is 0.488 e. The van der Waals surface area contributed by atoms with Gasteiger partial charge in [-0.1, -0.05) is 37.0 Å². The monoisotopic (exact) mass is 273 g/mol. The molecule has 1 aliphatic heterocycles. The molecule has 2 heteroatoms. The summed E-state index contributed by atoms with van der Waals surface area (Å²) < 4.78 is 6.04. The number of benzene rings is 1. The van der Waals surface area contributed by atoms with Gasteiger partial charge in [-0.15, -0.1) is 0 Å². The highest BCUT2D eigenvalue weighted by Gasteiger charge is 2.25. The van der Waals surface area contributed by atoms with Crippen molar-refractivity contribution < 1.29 is 4.74 Å². The van der Waals surface area contributed by atoms with Crippen molar-refractivity contribution in [2.24, 2.45) is 5.92 Å². The summed E-state index contributed by atoms with van der Waals surface area (Å²) in [5.74, 6) is 1.96. The Balaban J connectivity index is 1.48. The van der Waals surface area contributed by atoms with Gasteiger partial charge in [-0.05, 0) is 44.2 Å². The molecule has 1 N–H and O–H groups in total. The maximum Gasteiger partial charge on any atom is 0.123 e. The smallest absolute Gasteiger partial charge is 0.123 e. The first kappa shape index (κ1) is 13.9. The topological polar surface area (TPSA) is 21.3 Å². The molecule has 1 saturated carbocycles. The summed E-state index contributed by atoms with van der Waals surface area (Å²) in [4.78, 5) is 0. The quantitative estimate of drug-likeness (QED) is 0.899. The second-order valence-corrected chi connectivity index (χ2v) is 6.65. The first-order valence-corrected chi connectivity index (χ1v) is 8.22. The molecule has 1 unspecified atom stereocenters. The Morgan fingerprint density at radius 3 is 2.85 bits per heavy atom.